The largest absolute Gasteiger partial charge is 0.460 e. The molecule has 0 radical (unpaired) electrons. The minimum absolute atomic E-state index is 0.0689. The molecule has 3 nitrogen and oxygen atoms in total. The van der Waals surface area contributed by atoms with Crippen molar-refractivity contribution in [2.45, 2.75) is 46.3 Å². The molecule has 0 aromatic heterocycles. The van der Waals surface area contributed by atoms with Crippen molar-refractivity contribution in [1.82, 2.24) is 4.90 Å². The van der Waals surface area contributed by atoms with Crippen LogP contribution < -0.4 is 0 Å². The van der Waals surface area contributed by atoms with Crippen molar-refractivity contribution < 1.29 is 9.53 Å². The van der Waals surface area contributed by atoms with Crippen LogP contribution in [0.2, 0.25) is 0 Å². The van der Waals surface area contributed by atoms with Gasteiger partial charge in [-0.2, -0.15) is 0 Å². The number of carbonyl (C=O) groups excluding carboxylic acids is 1. The molecule has 1 fully saturated rings. The Morgan fingerprint density at radius 1 is 1.30 bits per heavy atom. The van der Waals surface area contributed by atoms with Crippen molar-refractivity contribution in [3.8, 4) is 0 Å². The smallest absolute Gasteiger partial charge is 0.313 e. The second kappa shape index (κ2) is 5.57. The van der Waals surface area contributed by atoms with E-state index in [2.05, 4.69) is 29.2 Å². The van der Waals surface area contributed by atoms with Gasteiger partial charge in [0.1, 0.15) is 5.60 Å². The summed E-state index contributed by atoms with van der Waals surface area (Å²) in [4.78, 5) is 14.7. The zero-order valence-corrected chi connectivity index (χ0v) is 13.0. The number of nitrogens with zero attached hydrogens (tertiary/aromatic N) is 1. The summed E-state index contributed by atoms with van der Waals surface area (Å²) in [5, 5.41) is 0. The third kappa shape index (κ3) is 3.83. The summed E-state index contributed by atoms with van der Waals surface area (Å²) in [7, 11) is 0. The first-order chi connectivity index (χ1) is 9.28. The first kappa shape index (κ1) is 15.0. The number of likely N-dealkylation sites (tertiary alicyclic amines) is 1. The van der Waals surface area contributed by atoms with Crippen LogP contribution in [0.5, 0.6) is 0 Å². The Morgan fingerprint density at radius 2 is 1.95 bits per heavy atom. The maximum Gasteiger partial charge on any atom is 0.313 e. The molecule has 0 spiro atoms. The molecule has 0 aliphatic carbocycles. The molecule has 1 heterocycles. The van der Waals surface area contributed by atoms with Gasteiger partial charge < -0.3 is 4.74 Å². The fourth-order valence-electron chi connectivity index (χ4n) is 2.60. The molecule has 1 unspecified atom stereocenters. The van der Waals surface area contributed by atoms with E-state index in [1.807, 2.05) is 33.8 Å². The Balaban J connectivity index is 1.95. The van der Waals surface area contributed by atoms with Gasteiger partial charge >= 0.3 is 5.97 Å². The summed E-state index contributed by atoms with van der Waals surface area (Å²) in [6.45, 7) is 10.4. The zero-order valence-electron chi connectivity index (χ0n) is 13.0. The molecule has 1 aromatic carbocycles. The quantitative estimate of drug-likeness (QED) is 0.793. The predicted molar refractivity (Wildman–Crippen MR) is 80.3 cm³/mol. The number of esters is 1. The lowest BCUT2D eigenvalue weighted by molar-refractivity contribution is -0.165. The van der Waals surface area contributed by atoms with E-state index in [1.54, 1.807) is 0 Å². The molecule has 20 heavy (non-hydrogen) atoms. The lowest BCUT2D eigenvalue weighted by atomic mass is 9.90. The standard InChI is InChI=1S/C17H25NO2/c1-16(2,3)20-15(19)17(4)10-11-18(13-17)12-14-8-6-5-7-9-14/h5-9H,10-13H2,1-4H3. The monoisotopic (exact) mass is 275 g/mol. The Labute approximate surface area is 121 Å². The molecule has 1 aliphatic heterocycles. The number of hydrogen-bond donors (Lipinski definition) is 0. The molecule has 0 amide bonds. The van der Waals surface area contributed by atoms with Crippen LogP contribution in [0.15, 0.2) is 30.3 Å². The lowest BCUT2D eigenvalue weighted by Gasteiger charge is -2.28. The van der Waals surface area contributed by atoms with Crippen LogP contribution in [0.3, 0.4) is 0 Å². The lowest BCUT2D eigenvalue weighted by Crippen LogP contribution is -2.37. The van der Waals surface area contributed by atoms with Gasteiger partial charge in [0.25, 0.3) is 0 Å². The van der Waals surface area contributed by atoms with Crippen LogP contribution in [0.1, 0.15) is 39.7 Å². The first-order valence-corrected chi connectivity index (χ1v) is 7.28. The zero-order chi connectivity index (χ0) is 14.8. The molecule has 0 saturated carbocycles. The number of rotatable bonds is 3. The van der Waals surface area contributed by atoms with Gasteiger partial charge in [0.2, 0.25) is 0 Å². The second-order valence-corrected chi connectivity index (χ2v) is 7.01. The van der Waals surface area contributed by atoms with Gasteiger partial charge in [-0.3, -0.25) is 9.69 Å². The van der Waals surface area contributed by atoms with Gasteiger partial charge in [0.15, 0.2) is 0 Å². The van der Waals surface area contributed by atoms with E-state index < -0.39 is 5.60 Å². The third-order valence-corrected chi connectivity index (χ3v) is 3.69. The minimum atomic E-state index is -0.410. The number of hydrogen-bond acceptors (Lipinski definition) is 3. The molecule has 0 N–H and O–H groups in total. The maximum atomic E-state index is 12.3. The maximum absolute atomic E-state index is 12.3. The number of benzene rings is 1. The molecule has 3 heteroatoms. The summed E-state index contributed by atoms with van der Waals surface area (Å²) in [5.41, 5.74) is 0.510. The van der Waals surface area contributed by atoms with Crippen LogP contribution in [0.4, 0.5) is 0 Å². The van der Waals surface area contributed by atoms with Crippen LogP contribution in [-0.4, -0.2) is 29.6 Å². The summed E-state index contributed by atoms with van der Waals surface area (Å²) in [5.74, 6) is -0.0689. The molecule has 1 aromatic rings. The molecular formula is C17H25NO2. The van der Waals surface area contributed by atoms with Gasteiger partial charge in [0.05, 0.1) is 5.41 Å². The van der Waals surface area contributed by atoms with Gasteiger partial charge in [0, 0.05) is 13.1 Å². The van der Waals surface area contributed by atoms with E-state index in [1.165, 1.54) is 5.56 Å². The topological polar surface area (TPSA) is 29.5 Å². The molecule has 1 aliphatic rings. The van der Waals surface area contributed by atoms with Crippen molar-refractivity contribution in [3.05, 3.63) is 35.9 Å². The first-order valence-electron chi connectivity index (χ1n) is 7.28. The minimum Gasteiger partial charge on any atom is -0.460 e. The predicted octanol–water partition coefficient (Wildman–Crippen LogP) is 3.24. The van der Waals surface area contributed by atoms with Crippen LogP contribution >= 0.6 is 0 Å². The third-order valence-electron chi connectivity index (χ3n) is 3.69. The average Bonchev–Trinajstić information content (AvgIpc) is 2.71. The van der Waals surface area contributed by atoms with E-state index in [9.17, 15) is 4.79 Å². The fraction of sp³-hybridized carbons (Fsp3) is 0.588. The molecular weight excluding hydrogens is 250 g/mol. The van der Waals surface area contributed by atoms with E-state index in [-0.39, 0.29) is 11.4 Å². The highest BCUT2D eigenvalue weighted by Crippen LogP contribution is 2.33. The van der Waals surface area contributed by atoms with Crippen molar-refractivity contribution in [3.63, 3.8) is 0 Å². The molecule has 1 saturated heterocycles. The highest BCUT2D eigenvalue weighted by atomic mass is 16.6. The van der Waals surface area contributed by atoms with Crippen molar-refractivity contribution in [2.75, 3.05) is 13.1 Å². The highest BCUT2D eigenvalue weighted by molar-refractivity contribution is 5.77. The van der Waals surface area contributed by atoms with Crippen molar-refractivity contribution in [1.29, 1.82) is 0 Å². The second-order valence-electron chi connectivity index (χ2n) is 7.01. The van der Waals surface area contributed by atoms with Crippen molar-refractivity contribution in [2.24, 2.45) is 5.41 Å². The van der Waals surface area contributed by atoms with Gasteiger partial charge in [-0.25, -0.2) is 0 Å². The molecule has 0 bridgehead atoms. The number of ether oxygens (including phenoxy) is 1. The van der Waals surface area contributed by atoms with Gasteiger partial charge in [-0.05, 0) is 46.2 Å². The number of carbonyl (C=O) groups is 1. The van der Waals surface area contributed by atoms with Crippen LogP contribution in [-0.2, 0) is 16.1 Å². The molecule has 2 rings (SSSR count). The summed E-state index contributed by atoms with van der Waals surface area (Å²) in [6.07, 6.45) is 0.870. The molecule has 110 valence electrons. The van der Waals surface area contributed by atoms with Crippen molar-refractivity contribution >= 4 is 5.97 Å². The van der Waals surface area contributed by atoms with Gasteiger partial charge in [-0.15, -0.1) is 0 Å². The normalized spacial score (nSPS) is 23.8. The van der Waals surface area contributed by atoms with Crippen LogP contribution in [0.25, 0.3) is 0 Å². The SMILES string of the molecule is CC(C)(C)OC(=O)C1(C)CCN(Cc2ccccc2)C1. The van der Waals surface area contributed by atoms with Gasteiger partial charge in [-0.1, -0.05) is 30.3 Å². The van der Waals surface area contributed by atoms with E-state index in [0.717, 1.165) is 26.1 Å². The van der Waals surface area contributed by atoms with Crippen LogP contribution in [0, 0.1) is 5.41 Å². The Hall–Kier alpha value is -1.35. The van der Waals surface area contributed by atoms with E-state index >= 15 is 0 Å². The summed E-state index contributed by atoms with van der Waals surface area (Å²) in [6, 6.07) is 10.4. The Bertz CT molecular complexity index is 464. The fourth-order valence-corrected chi connectivity index (χ4v) is 2.60. The highest BCUT2D eigenvalue weighted by Gasteiger charge is 2.42. The summed E-state index contributed by atoms with van der Waals surface area (Å²) < 4.78 is 5.56. The van der Waals surface area contributed by atoms with E-state index in [4.69, 9.17) is 4.74 Å². The van der Waals surface area contributed by atoms with E-state index in [0.29, 0.717) is 0 Å². The molecule has 1 atom stereocenters. The summed E-state index contributed by atoms with van der Waals surface area (Å²) >= 11 is 0. The Kier molecular flexibility index (Phi) is 4.19. The Morgan fingerprint density at radius 3 is 2.55 bits per heavy atom. The average molecular weight is 275 g/mol.